The molecule has 8 heterocycles. The van der Waals surface area contributed by atoms with Gasteiger partial charge in [0, 0.05) is 47.5 Å². The molecule has 4 aliphatic heterocycles. The highest BCUT2D eigenvalue weighted by Crippen LogP contribution is 2.49. The Kier molecular flexibility index (Phi) is 14.1. The molecular formula is C55H68N10O8S. The molecule has 3 unspecified atom stereocenters. The molecule has 10 rings (SSSR count). The number of imidazole rings is 2. The van der Waals surface area contributed by atoms with Crippen molar-refractivity contribution in [1.29, 1.82) is 0 Å². The van der Waals surface area contributed by atoms with Crippen molar-refractivity contribution in [2.75, 3.05) is 27.4 Å². The molecule has 0 radical (unpaired) electrons. The minimum absolute atomic E-state index is 0.0620. The van der Waals surface area contributed by atoms with Crippen molar-refractivity contribution in [3.05, 3.63) is 82.1 Å². The quantitative estimate of drug-likeness (QED) is 0.0855. The molecule has 2 aromatic carbocycles. The number of carbonyl (C=O) groups is 4. The number of aromatic amines is 2. The summed E-state index contributed by atoms with van der Waals surface area (Å²) in [6.45, 7) is 15.2. The van der Waals surface area contributed by atoms with E-state index in [1.54, 1.807) is 11.3 Å². The van der Waals surface area contributed by atoms with Gasteiger partial charge in [-0.05, 0) is 127 Å². The number of nitrogens with zero attached hydrogens (tertiary/aromatic N) is 6. The van der Waals surface area contributed by atoms with Crippen molar-refractivity contribution in [3.8, 4) is 39.5 Å². The van der Waals surface area contributed by atoms with Gasteiger partial charge in [0.05, 0.1) is 76.8 Å². The summed E-state index contributed by atoms with van der Waals surface area (Å²) < 4.78 is 25.2. The van der Waals surface area contributed by atoms with Gasteiger partial charge in [0.15, 0.2) is 0 Å². The van der Waals surface area contributed by atoms with Gasteiger partial charge >= 0.3 is 12.2 Å². The molecule has 3 saturated heterocycles. The van der Waals surface area contributed by atoms with Crippen molar-refractivity contribution >= 4 is 46.2 Å². The van der Waals surface area contributed by atoms with Gasteiger partial charge in [-0.2, -0.15) is 0 Å². The van der Waals surface area contributed by atoms with E-state index in [0.717, 1.165) is 104 Å². The van der Waals surface area contributed by atoms with E-state index in [1.165, 1.54) is 14.2 Å². The topological polar surface area (TPSA) is 211 Å². The van der Waals surface area contributed by atoms with Crippen LogP contribution in [-0.2, 0) is 30.2 Å². The Hall–Kier alpha value is -6.73. The zero-order valence-electron chi connectivity index (χ0n) is 43.7. The molecule has 6 aromatic rings. The third-order valence-electron chi connectivity index (χ3n) is 15.4. The summed E-state index contributed by atoms with van der Waals surface area (Å²) in [4.78, 5) is 79.9. The van der Waals surface area contributed by atoms with E-state index >= 15 is 0 Å². The summed E-state index contributed by atoms with van der Waals surface area (Å²) in [5.74, 6) is 1.57. The predicted octanol–water partition coefficient (Wildman–Crippen LogP) is 9.77. The minimum Gasteiger partial charge on any atom is -0.464 e. The van der Waals surface area contributed by atoms with Gasteiger partial charge in [-0.1, -0.05) is 26.8 Å². The van der Waals surface area contributed by atoms with Crippen molar-refractivity contribution in [1.82, 2.24) is 49.9 Å². The molecule has 4 amide bonds. The lowest BCUT2D eigenvalue weighted by Crippen LogP contribution is -2.56. The fourth-order valence-corrected chi connectivity index (χ4v) is 12.8. The lowest BCUT2D eigenvalue weighted by molar-refractivity contribution is -0.141. The van der Waals surface area contributed by atoms with Crippen LogP contribution in [0.4, 0.5) is 9.59 Å². The Labute approximate surface area is 435 Å². The van der Waals surface area contributed by atoms with Crippen LogP contribution < -0.4 is 15.4 Å². The van der Waals surface area contributed by atoms with Crippen LogP contribution in [0.3, 0.4) is 0 Å². The van der Waals surface area contributed by atoms with E-state index in [2.05, 4.69) is 82.3 Å². The van der Waals surface area contributed by atoms with Crippen LogP contribution in [-0.4, -0.2) is 114 Å². The van der Waals surface area contributed by atoms with Crippen molar-refractivity contribution in [3.63, 3.8) is 0 Å². The maximum atomic E-state index is 14.7. The number of benzene rings is 2. The number of amides is 4. The van der Waals surface area contributed by atoms with Gasteiger partial charge in [0.2, 0.25) is 18.0 Å². The lowest BCUT2D eigenvalue weighted by Gasteiger charge is -2.40. The highest BCUT2D eigenvalue weighted by Gasteiger charge is 2.45. The molecule has 4 N–H and O–H groups in total. The minimum atomic E-state index is -0.768. The second-order valence-electron chi connectivity index (χ2n) is 21.3. The second-order valence-corrected chi connectivity index (χ2v) is 22.4. The monoisotopic (exact) mass is 1030 g/mol. The highest BCUT2D eigenvalue weighted by molar-refractivity contribution is 7.11. The number of likely N-dealkylation sites (tertiary alicyclic amines) is 2. The first-order valence-electron chi connectivity index (χ1n) is 26.0. The first-order valence-corrected chi connectivity index (χ1v) is 26.8. The summed E-state index contributed by atoms with van der Waals surface area (Å²) >= 11 is 1.67. The standard InChI is InChI=1S/C55H68N10O8S/c1-10-12-44-56-28-43(74-44)52-65-38-17-15-32(36-26-58-49(59-36)40-16-14-31(5)64(40)51(67)47(62-54(69)71-9)33-18-20-72-55(6,7)25-33)22-35(38)23-41(65)45-30(4)21-34(24-42(45)73-52)37-27-57-48(60-37)39-13-11-19-63(39)50(66)46(29(2)3)61-53(68)70-8/h15,17,21-24,26-29,31,33,39-40,46-47,52H,10-14,16,18-20,25H2,1-9H3,(H,57,60)(H,58,59)(H,61,68)(H,62,69)/t31-,33?,39+,40+,46+,47?,52?/m1/s1. The molecule has 0 saturated carbocycles. The maximum absolute atomic E-state index is 14.7. The van der Waals surface area contributed by atoms with Gasteiger partial charge in [-0.3, -0.25) is 14.2 Å². The Balaban J connectivity index is 0.957. The molecule has 19 heteroatoms. The zero-order chi connectivity index (χ0) is 52.2. The van der Waals surface area contributed by atoms with Crippen LogP contribution in [0.15, 0.2) is 55.0 Å². The van der Waals surface area contributed by atoms with E-state index < -0.39 is 36.1 Å². The lowest BCUT2D eigenvalue weighted by atomic mass is 9.82. The number of fused-ring (bicyclic) bond motifs is 5. The van der Waals surface area contributed by atoms with Crippen molar-refractivity contribution in [2.24, 2.45) is 11.8 Å². The first kappa shape index (κ1) is 50.8. The zero-order valence-corrected chi connectivity index (χ0v) is 44.6. The largest absolute Gasteiger partial charge is 0.464 e. The Bertz CT molecular complexity index is 3080. The molecule has 392 valence electrons. The average Bonchev–Trinajstić information content (AvgIpc) is 4.25. The summed E-state index contributed by atoms with van der Waals surface area (Å²) in [7, 11) is 2.61. The molecule has 18 nitrogen and oxygen atoms in total. The summed E-state index contributed by atoms with van der Waals surface area (Å²) in [6, 6.07) is 10.7. The van der Waals surface area contributed by atoms with E-state index in [4.69, 9.17) is 33.9 Å². The maximum Gasteiger partial charge on any atom is 0.407 e. The van der Waals surface area contributed by atoms with Crippen LogP contribution in [0.2, 0.25) is 0 Å². The molecule has 74 heavy (non-hydrogen) atoms. The number of aromatic nitrogens is 6. The Morgan fingerprint density at radius 1 is 0.878 bits per heavy atom. The molecule has 4 aromatic heterocycles. The van der Waals surface area contributed by atoms with Crippen LogP contribution in [0.25, 0.3) is 44.7 Å². The summed E-state index contributed by atoms with van der Waals surface area (Å²) in [5, 5.41) is 7.71. The van der Waals surface area contributed by atoms with E-state index in [1.807, 2.05) is 56.1 Å². The third kappa shape index (κ3) is 9.64. The van der Waals surface area contributed by atoms with Gasteiger partial charge in [-0.15, -0.1) is 11.3 Å². The number of carbonyl (C=O) groups excluding carboxylic acids is 4. The number of nitrogens with one attached hydrogen (secondary N) is 4. The second kappa shape index (κ2) is 20.5. The number of hydrogen-bond donors (Lipinski definition) is 4. The SMILES string of the molecule is CCCc1ncc(C2Oc3cc(-c4cnc([C@@H]5CCCN5C(=O)[C@@H](NC(=O)OC)C(C)C)[nH]4)cc(C)c3-c3cc4cc(-c5cnc([C@@H]6CC[C@@H](C)N6C(=O)C(NC(=O)OC)C6CCOC(C)(C)C6)[nH]5)ccc4n32)s1. The Morgan fingerprint density at radius 3 is 2.32 bits per heavy atom. The number of thiazole rings is 1. The van der Waals surface area contributed by atoms with Gasteiger partial charge in [0.25, 0.3) is 0 Å². The van der Waals surface area contributed by atoms with Gasteiger partial charge < -0.3 is 49.3 Å². The van der Waals surface area contributed by atoms with Crippen LogP contribution in [0.5, 0.6) is 5.75 Å². The van der Waals surface area contributed by atoms with Crippen LogP contribution >= 0.6 is 11.3 Å². The Morgan fingerprint density at radius 2 is 1.61 bits per heavy atom. The average molecular weight is 1030 g/mol. The van der Waals surface area contributed by atoms with E-state index in [9.17, 15) is 19.2 Å². The number of ether oxygens (including phenoxy) is 4. The smallest absolute Gasteiger partial charge is 0.407 e. The third-order valence-corrected chi connectivity index (χ3v) is 16.5. The molecule has 7 atom stereocenters. The van der Waals surface area contributed by atoms with Crippen molar-refractivity contribution in [2.45, 2.75) is 142 Å². The van der Waals surface area contributed by atoms with E-state index in [0.29, 0.717) is 37.6 Å². The molecule has 3 fully saturated rings. The van der Waals surface area contributed by atoms with Gasteiger partial charge in [-0.25, -0.2) is 24.5 Å². The summed E-state index contributed by atoms with van der Waals surface area (Å²) in [5.41, 5.74) is 7.09. The number of hydrogen-bond acceptors (Lipinski definition) is 12. The number of alkyl carbamates (subject to hydrolysis) is 2. The van der Waals surface area contributed by atoms with Crippen LogP contribution in [0.1, 0.15) is 132 Å². The number of rotatable bonds is 13. The fourth-order valence-electron chi connectivity index (χ4n) is 11.7. The predicted molar refractivity (Wildman–Crippen MR) is 280 cm³/mol. The molecule has 0 bridgehead atoms. The first-order chi connectivity index (χ1) is 35.6. The van der Waals surface area contributed by atoms with Crippen LogP contribution in [0, 0.1) is 18.8 Å². The number of H-pyrrole nitrogens is 2. The van der Waals surface area contributed by atoms with E-state index in [-0.39, 0.29) is 41.8 Å². The molecule has 4 aliphatic rings. The molecule has 0 spiro atoms. The normalized spacial score (nSPS) is 22.0. The summed E-state index contributed by atoms with van der Waals surface area (Å²) in [6.07, 6.45) is 10.1. The fraction of sp³-hybridized carbons (Fsp3) is 0.509. The molecular weight excluding hydrogens is 961 g/mol. The van der Waals surface area contributed by atoms with Gasteiger partial charge in [0.1, 0.15) is 29.5 Å². The highest BCUT2D eigenvalue weighted by atomic mass is 32.1. The molecule has 0 aliphatic carbocycles. The number of methoxy groups -OCH3 is 2. The number of aryl methyl sites for hydroxylation is 2. The van der Waals surface area contributed by atoms with Crippen molar-refractivity contribution < 1.29 is 38.1 Å².